The fourth-order valence-electron chi connectivity index (χ4n) is 1.07. The van der Waals surface area contributed by atoms with Crippen molar-refractivity contribution in [3.63, 3.8) is 0 Å². The third-order valence-electron chi connectivity index (χ3n) is 1.78. The van der Waals surface area contributed by atoms with Gasteiger partial charge in [-0.3, -0.25) is 4.79 Å². The third-order valence-corrected chi connectivity index (χ3v) is 2.92. The summed E-state index contributed by atoms with van der Waals surface area (Å²) in [6, 6.07) is 8.45. The Morgan fingerprint density at radius 1 is 1.32 bits per heavy atom. The minimum Gasteiger partial charge on any atom is -0.483 e. The minimum atomic E-state index is -0.250. The number of hydrogen-bond donors (Lipinski definition) is 2. The first-order chi connectivity index (χ1) is 9.17. The van der Waals surface area contributed by atoms with Gasteiger partial charge in [0.25, 0.3) is 6.47 Å². The molecule has 2 N–H and O–H groups in total. The maximum absolute atomic E-state index is 8.36. The number of carbonyl (C=O) groups is 1. The average Bonchev–Trinajstić information content (AvgIpc) is 2.38. The van der Waals surface area contributed by atoms with Crippen molar-refractivity contribution < 1.29 is 19.7 Å². The first-order valence-electron chi connectivity index (χ1n) is 6.12. The van der Waals surface area contributed by atoms with E-state index >= 15 is 0 Å². The summed E-state index contributed by atoms with van der Waals surface area (Å²) in [5, 5.41) is 14.5. The number of aliphatic hydroxyl groups excluding tert-OH is 1. The summed E-state index contributed by atoms with van der Waals surface area (Å²) in [6.45, 7) is 7.51. The van der Waals surface area contributed by atoms with E-state index in [0.29, 0.717) is 0 Å². The molecule has 1 aromatic rings. The highest BCUT2D eigenvalue weighted by atomic mass is 32.2. The lowest BCUT2D eigenvalue weighted by Gasteiger charge is -2.04. The maximum atomic E-state index is 8.36. The molecule has 0 atom stereocenters. The molecule has 0 unspecified atom stereocenters. The number of rotatable bonds is 5. The van der Waals surface area contributed by atoms with E-state index in [1.54, 1.807) is 6.92 Å². The highest BCUT2D eigenvalue weighted by Gasteiger charge is 1.96. The number of benzene rings is 1. The molecule has 0 saturated carbocycles. The minimum absolute atomic E-state index is 0.250. The number of carboxylic acid groups (broad SMARTS) is 1. The van der Waals surface area contributed by atoms with E-state index in [1.807, 2.05) is 18.7 Å². The molecule has 1 aromatic carbocycles. The predicted octanol–water partition coefficient (Wildman–Crippen LogP) is 2.82. The monoisotopic (exact) mass is 288 g/mol. The number of ether oxygens (including phenoxy) is 1. The van der Waals surface area contributed by atoms with Gasteiger partial charge in [-0.05, 0) is 32.4 Å². The summed E-state index contributed by atoms with van der Waals surface area (Å²) < 4.78 is 5.27. The zero-order chi connectivity index (χ0) is 14.9. The highest BCUT2D eigenvalue weighted by Crippen LogP contribution is 2.21. The summed E-state index contributed by atoms with van der Waals surface area (Å²) in [7, 11) is 0. The first kappa shape index (κ1) is 20.3. The number of aryl methyl sites for hydroxylation is 1. The normalized spacial score (nSPS) is 8.63. The topological polar surface area (TPSA) is 66.8 Å². The lowest BCUT2D eigenvalue weighted by atomic mass is 10.2. The van der Waals surface area contributed by atoms with Crippen molar-refractivity contribution in [2.75, 3.05) is 25.6 Å². The van der Waals surface area contributed by atoms with E-state index in [2.05, 4.69) is 31.2 Å². The molecule has 0 aliphatic heterocycles. The van der Waals surface area contributed by atoms with Crippen LogP contribution in [0.4, 0.5) is 0 Å². The fraction of sp³-hybridized carbons (Fsp3) is 0.500. The smallest absolute Gasteiger partial charge is 0.290 e. The third kappa shape index (κ3) is 14.9. The van der Waals surface area contributed by atoms with Gasteiger partial charge in [0.05, 0.1) is 6.61 Å². The van der Waals surface area contributed by atoms with E-state index in [4.69, 9.17) is 19.7 Å². The molecule has 1 rings (SSSR count). The Balaban J connectivity index is 0. The lowest BCUT2D eigenvalue weighted by molar-refractivity contribution is -0.122. The van der Waals surface area contributed by atoms with E-state index < -0.39 is 0 Å². The molecule has 0 radical (unpaired) electrons. The molecule has 19 heavy (non-hydrogen) atoms. The molecular weight excluding hydrogens is 264 g/mol. The Kier molecular flexibility index (Phi) is 18.1. The van der Waals surface area contributed by atoms with Crippen molar-refractivity contribution in [1.29, 1.82) is 0 Å². The average molecular weight is 288 g/mol. The Hall–Kier alpha value is -1.04. The molecule has 0 saturated heterocycles. The molecule has 0 heterocycles. The molecule has 0 fully saturated rings. The van der Waals surface area contributed by atoms with Gasteiger partial charge in [-0.25, -0.2) is 0 Å². The van der Waals surface area contributed by atoms with Gasteiger partial charge in [0, 0.05) is 23.9 Å². The van der Waals surface area contributed by atoms with Crippen molar-refractivity contribution in [3.8, 4) is 0 Å². The van der Waals surface area contributed by atoms with Gasteiger partial charge in [-0.2, -0.15) is 0 Å². The second-order valence-electron chi connectivity index (χ2n) is 3.23. The number of thioether (sulfide) groups is 1. The lowest BCUT2D eigenvalue weighted by Crippen LogP contribution is -1.96. The largest absolute Gasteiger partial charge is 0.483 e. The maximum Gasteiger partial charge on any atom is 0.290 e. The molecule has 4 nitrogen and oxygen atoms in total. The molecule has 0 aromatic heterocycles. The van der Waals surface area contributed by atoms with Crippen molar-refractivity contribution in [1.82, 2.24) is 0 Å². The highest BCUT2D eigenvalue weighted by molar-refractivity contribution is 7.99. The van der Waals surface area contributed by atoms with Crippen LogP contribution < -0.4 is 0 Å². The van der Waals surface area contributed by atoms with E-state index in [1.165, 1.54) is 10.5 Å². The molecule has 0 aliphatic rings. The van der Waals surface area contributed by atoms with E-state index in [9.17, 15) is 0 Å². The van der Waals surface area contributed by atoms with Gasteiger partial charge in [0.1, 0.15) is 0 Å². The second-order valence-corrected chi connectivity index (χ2v) is 4.37. The van der Waals surface area contributed by atoms with Crippen LogP contribution in [0.5, 0.6) is 0 Å². The van der Waals surface area contributed by atoms with Crippen LogP contribution in [0.1, 0.15) is 19.4 Å². The number of hydrogen-bond acceptors (Lipinski definition) is 4. The van der Waals surface area contributed by atoms with Crippen molar-refractivity contribution >= 4 is 18.2 Å². The second kappa shape index (κ2) is 17.0. The van der Waals surface area contributed by atoms with Crippen molar-refractivity contribution in [3.05, 3.63) is 29.8 Å². The molecule has 0 aliphatic carbocycles. The molecular formula is C14H24O4S. The Morgan fingerprint density at radius 2 is 1.84 bits per heavy atom. The Labute approximate surface area is 119 Å². The van der Waals surface area contributed by atoms with Gasteiger partial charge in [0.15, 0.2) is 0 Å². The summed E-state index contributed by atoms with van der Waals surface area (Å²) >= 11 is 1.86. The summed E-state index contributed by atoms with van der Waals surface area (Å²) in [5.41, 5.74) is 1.35. The van der Waals surface area contributed by atoms with Crippen molar-refractivity contribution in [2.24, 2.45) is 0 Å². The molecule has 0 amide bonds. The summed E-state index contributed by atoms with van der Waals surface area (Å²) in [5.74, 6) is 1.04. The zero-order valence-corrected chi connectivity index (χ0v) is 12.7. The van der Waals surface area contributed by atoms with Gasteiger partial charge < -0.3 is 14.9 Å². The molecule has 5 heteroatoms. The zero-order valence-electron chi connectivity index (χ0n) is 11.8. The Morgan fingerprint density at radius 3 is 2.32 bits per heavy atom. The molecule has 0 spiro atoms. The van der Waals surface area contributed by atoms with Crippen LogP contribution >= 0.6 is 11.8 Å². The van der Waals surface area contributed by atoms with Crippen LogP contribution in [0.3, 0.4) is 0 Å². The standard InChI is InChI=1S/C11H16OS.C2H6O.CH2O2/c1-3-12-8-9-13-11-7-5-4-6-10(11)2;1-2-3;2-1-3/h4-7H,3,8-9H2,1-2H3;3H,2H2,1H3;1H,(H,2,3). The predicted molar refractivity (Wildman–Crippen MR) is 79.8 cm³/mol. The van der Waals surface area contributed by atoms with Crippen LogP contribution in [0, 0.1) is 6.92 Å². The first-order valence-corrected chi connectivity index (χ1v) is 7.11. The van der Waals surface area contributed by atoms with E-state index in [-0.39, 0.29) is 13.1 Å². The van der Waals surface area contributed by atoms with Crippen molar-refractivity contribution in [2.45, 2.75) is 25.7 Å². The fourth-order valence-corrected chi connectivity index (χ4v) is 1.96. The van der Waals surface area contributed by atoms with Crippen LogP contribution in [0.2, 0.25) is 0 Å². The Bertz CT molecular complexity index is 305. The van der Waals surface area contributed by atoms with Gasteiger partial charge in [0.2, 0.25) is 0 Å². The van der Waals surface area contributed by atoms with Crippen LogP contribution in [-0.2, 0) is 9.53 Å². The van der Waals surface area contributed by atoms with Gasteiger partial charge >= 0.3 is 0 Å². The van der Waals surface area contributed by atoms with Crippen LogP contribution in [-0.4, -0.2) is 42.3 Å². The molecule has 0 bridgehead atoms. The summed E-state index contributed by atoms with van der Waals surface area (Å²) in [6.07, 6.45) is 0. The number of aliphatic hydroxyl groups is 1. The SMILES string of the molecule is CCO.CCOCCSc1ccccc1C.O=CO. The summed E-state index contributed by atoms with van der Waals surface area (Å²) in [4.78, 5) is 9.72. The van der Waals surface area contributed by atoms with Crippen LogP contribution in [0.15, 0.2) is 29.2 Å². The van der Waals surface area contributed by atoms with Gasteiger partial charge in [-0.1, -0.05) is 18.2 Å². The van der Waals surface area contributed by atoms with Gasteiger partial charge in [-0.15, -0.1) is 11.8 Å². The quantitative estimate of drug-likeness (QED) is 0.495. The van der Waals surface area contributed by atoms with Crippen LogP contribution in [0.25, 0.3) is 0 Å². The molecule has 110 valence electrons. The van der Waals surface area contributed by atoms with E-state index in [0.717, 1.165) is 19.0 Å².